The van der Waals surface area contributed by atoms with Crippen LogP contribution in [-0.2, 0) is 16.1 Å². The van der Waals surface area contributed by atoms with Crippen molar-refractivity contribution in [1.29, 1.82) is 0 Å². The van der Waals surface area contributed by atoms with Crippen LogP contribution in [0.1, 0.15) is 24.8 Å². The van der Waals surface area contributed by atoms with E-state index in [2.05, 4.69) is 4.90 Å². The van der Waals surface area contributed by atoms with Gasteiger partial charge in [0.05, 0.1) is 0 Å². The summed E-state index contributed by atoms with van der Waals surface area (Å²) in [6.07, 6.45) is 3.17. The van der Waals surface area contributed by atoms with Gasteiger partial charge in [-0.1, -0.05) is 6.07 Å². The second-order valence-electron chi connectivity index (χ2n) is 7.06. The molecule has 2 heterocycles. The summed E-state index contributed by atoms with van der Waals surface area (Å²) in [5.41, 5.74) is 0.913. The maximum Gasteiger partial charge on any atom is 0.248 e. The number of ether oxygens (including phenoxy) is 1. The lowest BCUT2D eigenvalue weighted by molar-refractivity contribution is -0.134. The first-order valence-corrected chi connectivity index (χ1v) is 8.44. The molecule has 2 aliphatic heterocycles. The molecule has 132 valence electrons. The van der Waals surface area contributed by atoms with E-state index in [-0.39, 0.29) is 17.9 Å². The van der Waals surface area contributed by atoms with Crippen LogP contribution in [0.25, 0.3) is 0 Å². The number of piperidine rings is 1. The van der Waals surface area contributed by atoms with Gasteiger partial charge >= 0.3 is 0 Å². The van der Waals surface area contributed by atoms with Gasteiger partial charge in [0, 0.05) is 38.7 Å². The van der Waals surface area contributed by atoms with Gasteiger partial charge < -0.3 is 9.64 Å². The summed E-state index contributed by atoms with van der Waals surface area (Å²) in [4.78, 5) is 16.2. The summed E-state index contributed by atoms with van der Waals surface area (Å²) < 4.78 is 31.4. The average molecular weight is 338 g/mol. The van der Waals surface area contributed by atoms with Crippen LogP contribution in [0.5, 0.6) is 0 Å². The molecule has 1 aromatic rings. The second kappa shape index (κ2) is 7.15. The molecule has 1 spiro atoms. The minimum Gasteiger partial charge on any atom is -0.375 e. The van der Waals surface area contributed by atoms with Crippen LogP contribution >= 0.6 is 0 Å². The van der Waals surface area contributed by atoms with E-state index in [1.807, 2.05) is 4.90 Å². The van der Waals surface area contributed by atoms with Crippen LogP contribution in [0.3, 0.4) is 0 Å². The summed E-state index contributed by atoms with van der Waals surface area (Å²) in [5, 5.41) is 0. The molecule has 2 fully saturated rings. The lowest BCUT2D eigenvalue weighted by Crippen LogP contribution is -2.45. The highest BCUT2D eigenvalue weighted by molar-refractivity contribution is 5.77. The smallest absolute Gasteiger partial charge is 0.248 e. The Hall–Kier alpha value is -1.53. The molecule has 0 aliphatic carbocycles. The Morgan fingerprint density at radius 3 is 2.79 bits per heavy atom. The largest absolute Gasteiger partial charge is 0.375 e. The second-order valence-corrected chi connectivity index (χ2v) is 7.06. The summed E-state index contributed by atoms with van der Waals surface area (Å²) in [7, 11) is 1.54. The molecule has 0 bridgehead atoms. The quantitative estimate of drug-likeness (QED) is 0.845. The van der Waals surface area contributed by atoms with Crippen molar-refractivity contribution in [2.75, 3.05) is 39.9 Å². The summed E-state index contributed by atoms with van der Waals surface area (Å²) in [6.45, 7) is 4.14. The minimum atomic E-state index is -0.808. The molecule has 4 nitrogen and oxygen atoms in total. The van der Waals surface area contributed by atoms with Crippen molar-refractivity contribution >= 4 is 5.91 Å². The van der Waals surface area contributed by atoms with Crippen LogP contribution in [0.15, 0.2) is 18.2 Å². The molecule has 1 aromatic carbocycles. The molecule has 2 saturated heterocycles. The number of nitrogens with zero attached hydrogens (tertiary/aromatic N) is 2. The third-order valence-electron chi connectivity index (χ3n) is 5.19. The van der Waals surface area contributed by atoms with Crippen molar-refractivity contribution in [3.63, 3.8) is 0 Å². The molecule has 0 saturated carbocycles. The van der Waals surface area contributed by atoms with Gasteiger partial charge in [0.2, 0.25) is 5.91 Å². The Morgan fingerprint density at radius 2 is 2.04 bits per heavy atom. The molecule has 0 unspecified atom stereocenters. The molecule has 0 aromatic heterocycles. The maximum absolute atomic E-state index is 13.4. The molecular formula is C18H24F2N2O2. The Kier molecular flexibility index (Phi) is 5.15. The number of methoxy groups -OCH3 is 1. The molecule has 1 amide bonds. The predicted molar refractivity (Wildman–Crippen MR) is 86.4 cm³/mol. The number of halogens is 2. The van der Waals surface area contributed by atoms with E-state index in [1.54, 1.807) is 6.07 Å². The average Bonchev–Trinajstić information content (AvgIpc) is 2.95. The highest BCUT2D eigenvalue weighted by Gasteiger charge is 2.42. The zero-order valence-corrected chi connectivity index (χ0v) is 14.1. The number of carbonyl (C=O) groups is 1. The van der Waals surface area contributed by atoms with E-state index >= 15 is 0 Å². The van der Waals surface area contributed by atoms with E-state index in [9.17, 15) is 13.6 Å². The molecule has 1 atom stereocenters. The van der Waals surface area contributed by atoms with Gasteiger partial charge in [0.15, 0.2) is 11.6 Å². The Bertz CT molecular complexity index is 611. The van der Waals surface area contributed by atoms with Crippen molar-refractivity contribution in [1.82, 2.24) is 9.80 Å². The number of amides is 1. The topological polar surface area (TPSA) is 32.8 Å². The van der Waals surface area contributed by atoms with Gasteiger partial charge in [0.25, 0.3) is 0 Å². The minimum absolute atomic E-state index is 0.0482. The fraction of sp³-hybridized carbons (Fsp3) is 0.611. The fourth-order valence-corrected chi connectivity index (χ4v) is 4.04. The Labute approximate surface area is 141 Å². The number of benzene rings is 1. The van der Waals surface area contributed by atoms with Crippen LogP contribution in [0, 0.1) is 17.0 Å². The highest BCUT2D eigenvalue weighted by atomic mass is 19.2. The van der Waals surface area contributed by atoms with E-state index < -0.39 is 11.6 Å². The summed E-state index contributed by atoms with van der Waals surface area (Å²) >= 11 is 0. The van der Waals surface area contributed by atoms with E-state index in [0.29, 0.717) is 6.54 Å². The first-order chi connectivity index (χ1) is 11.5. The molecule has 2 aliphatic rings. The van der Waals surface area contributed by atoms with E-state index in [1.165, 1.54) is 19.2 Å². The lowest BCUT2D eigenvalue weighted by atomic mass is 9.79. The van der Waals surface area contributed by atoms with Crippen molar-refractivity contribution < 1.29 is 18.3 Å². The van der Waals surface area contributed by atoms with Crippen LogP contribution in [0.4, 0.5) is 8.78 Å². The van der Waals surface area contributed by atoms with Gasteiger partial charge in [0.1, 0.15) is 6.61 Å². The zero-order chi connectivity index (χ0) is 17.2. The standard InChI is InChI=1S/C18H24F2N2O2/c1-24-11-17(23)22-8-6-18(13-22)5-2-7-21(12-18)10-14-3-4-15(19)16(20)9-14/h3-4,9H,2,5-8,10-13H2,1H3/t18-/m1/s1. The third kappa shape index (κ3) is 3.75. The number of likely N-dealkylation sites (tertiary alicyclic amines) is 2. The molecule has 24 heavy (non-hydrogen) atoms. The van der Waals surface area contributed by atoms with Gasteiger partial charge in [-0.3, -0.25) is 9.69 Å². The lowest BCUT2D eigenvalue weighted by Gasteiger charge is -2.40. The zero-order valence-electron chi connectivity index (χ0n) is 14.1. The van der Waals surface area contributed by atoms with E-state index in [0.717, 1.165) is 51.0 Å². The van der Waals surface area contributed by atoms with Gasteiger partial charge in [-0.05, 0) is 43.5 Å². The highest BCUT2D eigenvalue weighted by Crippen LogP contribution is 2.39. The first-order valence-electron chi connectivity index (χ1n) is 8.44. The van der Waals surface area contributed by atoms with Crippen molar-refractivity contribution in [2.24, 2.45) is 5.41 Å². The number of rotatable bonds is 4. The van der Waals surface area contributed by atoms with Crippen molar-refractivity contribution in [3.8, 4) is 0 Å². The number of hydrogen-bond donors (Lipinski definition) is 0. The molecule has 3 rings (SSSR count). The van der Waals surface area contributed by atoms with Gasteiger partial charge in [-0.2, -0.15) is 0 Å². The molecule has 0 radical (unpaired) electrons. The van der Waals surface area contributed by atoms with Crippen molar-refractivity contribution in [3.05, 3.63) is 35.4 Å². The molecular weight excluding hydrogens is 314 g/mol. The van der Waals surface area contributed by atoms with Crippen molar-refractivity contribution in [2.45, 2.75) is 25.8 Å². The van der Waals surface area contributed by atoms with Crippen LogP contribution in [-0.4, -0.2) is 55.6 Å². The SMILES string of the molecule is COCC(=O)N1CC[C@@]2(CCCN(Cc3ccc(F)c(F)c3)C2)C1. The molecule has 6 heteroatoms. The normalized spacial score (nSPS) is 24.7. The number of hydrogen-bond acceptors (Lipinski definition) is 3. The molecule has 0 N–H and O–H groups in total. The third-order valence-corrected chi connectivity index (χ3v) is 5.19. The maximum atomic E-state index is 13.4. The fourth-order valence-electron chi connectivity index (χ4n) is 4.04. The first kappa shape index (κ1) is 17.3. The van der Waals surface area contributed by atoms with Gasteiger partial charge in [-0.15, -0.1) is 0 Å². The van der Waals surface area contributed by atoms with E-state index in [4.69, 9.17) is 4.74 Å². The predicted octanol–water partition coefficient (Wildman–Crippen LogP) is 2.43. The Balaban J connectivity index is 1.62. The summed E-state index contributed by atoms with van der Waals surface area (Å²) in [6, 6.07) is 4.10. The number of carbonyl (C=O) groups excluding carboxylic acids is 1. The van der Waals surface area contributed by atoms with Crippen LogP contribution in [0.2, 0.25) is 0 Å². The Morgan fingerprint density at radius 1 is 1.21 bits per heavy atom. The summed E-state index contributed by atoms with van der Waals surface area (Å²) in [5.74, 6) is -1.56. The monoisotopic (exact) mass is 338 g/mol. The van der Waals surface area contributed by atoms with Crippen LogP contribution < -0.4 is 0 Å². The van der Waals surface area contributed by atoms with Gasteiger partial charge in [-0.25, -0.2) is 8.78 Å².